The third-order valence-electron chi connectivity index (χ3n) is 5.58. The number of fused-ring (bicyclic) bond motifs is 1. The van der Waals surface area contributed by atoms with Crippen molar-refractivity contribution in [3.8, 4) is 0 Å². The number of carbonyl (C=O) groups excluding carboxylic acids is 2. The molecule has 0 aliphatic rings. The van der Waals surface area contributed by atoms with E-state index in [1.807, 2.05) is 39.0 Å². The van der Waals surface area contributed by atoms with E-state index < -0.39 is 17.5 Å². The number of aldehydes is 1. The number of imidazole rings is 1. The zero-order valence-corrected chi connectivity index (χ0v) is 22.9. The van der Waals surface area contributed by atoms with Gasteiger partial charge in [-0.05, 0) is 48.9 Å². The zero-order valence-electron chi connectivity index (χ0n) is 22.9. The van der Waals surface area contributed by atoms with Crippen LogP contribution in [0, 0.1) is 11.3 Å². The normalized spacial score (nSPS) is 12.6. The number of nitrogens with two attached hydrogens (primary N) is 1. The Bertz CT molecular complexity index is 938. The summed E-state index contributed by atoms with van der Waals surface area (Å²) in [6.45, 7) is 16.9. The number of carbonyl (C=O) groups is 2. The Kier molecular flexibility index (Phi) is 14.4. The molecule has 1 aromatic carbocycles. The summed E-state index contributed by atoms with van der Waals surface area (Å²) in [5.74, 6) is 0.508. The zero-order chi connectivity index (χ0) is 26.5. The van der Waals surface area contributed by atoms with Crippen molar-refractivity contribution in [2.24, 2.45) is 17.1 Å². The van der Waals surface area contributed by atoms with Crippen LogP contribution in [-0.2, 0) is 17.8 Å². The Hall–Kier alpha value is -2.41. The van der Waals surface area contributed by atoms with E-state index in [2.05, 4.69) is 45.7 Å². The van der Waals surface area contributed by atoms with Gasteiger partial charge in [-0.2, -0.15) is 0 Å². The van der Waals surface area contributed by atoms with E-state index in [0.717, 1.165) is 43.0 Å². The fourth-order valence-electron chi connectivity index (χ4n) is 3.57. The number of aryl methyl sites for hydroxylation is 2. The van der Waals surface area contributed by atoms with Crippen molar-refractivity contribution >= 4 is 23.4 Å². The molecule has 0 fully saturated rings. The van der Waals surface area contributed by atoms with E-state index >= 15 is 0 Å². The SMILES string of the molecule is CCC.CCCC(C)CCn1c(=O)n(C(=O)NC(C=O)C(C)(C)C)c2ccc(CC)cc21.CN. The summed E-state index contributed by atoms with van der Waals surface area (Å²) >= 11 is 0. The molecule has 3 N–H and O–H groups in total. The maximum absolute atomic E-state index is 13.2. The molecule has 0 spiro atoms. The molecular formula is C27H48N4O3. The van der Waals surface area contributed by atoms with Gasteiger partial charge in [0.1, 0.15) is 6.29 Å². The average Bonchev–Trinajstić information content (AvgIpc) is 3.07. The topological polar surface area (TPSA) is 99.1 Å². The van der Waals surface area contributed by atoms with Crippen molar-refractivity contribution in [2.75, 3.05) is 7.05 Å². The Morgan fingerprint density at radius 2 is 1.68 bits per heavy atom. The molecule has 0 saturated heterocycles. The van der Waals surface area contributed by atoms with E-state index in [1.165, 1.54) is 18.0 Å². The summed E-state index contributed by atoms with van der Waals surface area (Å²) in [5, 5.41) is 2.73. The highest BCUT2D eigenvalue weighted by molar-refractivity contribution is 5.91. The van der Waals surface area contributed by atoms with Crippen LogP contribution < -0.4 is 16.7 Å². The number of nitrogens with zero attached hydrogens (tertiary/aromatic N) is 2. The highest BCUT2D eigenvalue weighted by atomic mass is 16.2. The Morgan fingerprint density at radius 1 is 1.09 bits per heavy atom. The van der Waals surface area contributed by atoms with Crippen molar-refractivity contribution in [3.05, 3.63) is 34.2 Å². The predicted molar refractivity (Wildman–Crippen MR) is 144 cm³/mol. The monoisotopic (exact) mass is 476 g/mol. The minimum Gasteiger partial charge on any atom is -0.333 e. The molecule has 1 aromatic heterocycles. The van der Waals surface area contributed by atoms with Crippen molar-refractivity contribution in [2.45, 2.75) is 100 Å². The third-order valence-corrected chi connectivity index (χ3v) is 5.58. The molecule has 2 unspecified atom stereocenters. The van der Waals surface area contributed by atoms with Crippen LogP contribution in [0.2, 0.25) is 0 Å². The molecule has 0 bridgehead atoms. The Morgan fingerprint density at radius 3 is 2.15 bits per heavy atom. The van der Waals surface area contributed by atoms with Crippen LogP contribution in [0.1, 0.15) is 86.6 Å². The largest absolute Gasteiger partial charge is 0.337 e. The summed E-state index contributed by atoms with van der Waals surface area (Å²) < 4.78 is 2.87. The molecule has 0 aliphatic heterocycles. The van der Waals surface area contributed by atoms with E-state index in [0.29, 0.717) is 18.0 Å². The Labute approximate surface area is 206 Å². The maximum Gasteiger partial charge on any atom is 0.337 e. The molecule has 7 nitrogen and oxygen atoms in total. The number of hydrogen-bond donors (Lipinski definition) is 2. The first-order valence-electron chi connectivity index (χ1n) is 12.6. The van der Waals surface area contributed by atoms with Crippen LogP contribution in [0.5, 0.6) is 0 Å². The molecule has 2 aromatic rings. The lowest BCUT2D eigenvalue weighted by molar-refractivity contribution is -0.111. The first-order valence-corrected chi connectivity index (χ1v) is 12.6. The molecule has 0 saturated carbocycles. The van der Waals surface area contributed by atoms with Gasteiger partial charge in [-0.15, -0.1) is 0 Å². The number of rotatable bonds is 8. The van der Waals surface area contributed by atoms with Crippen LogP contribution in [0.3, 0.4) is 0 Å². The van der Waals surface area contributed by atoms with E-state index in [4.69, 9.17) is 0 Å². The number of nitrogens with one attached hydrogen (secondary N) is 1. The highest BCUT2D eigenvalue weighted by Crippen LogP contribution is 2.20. The number of aromatic nitrogens is 2. The van der Waals surface area contributed by atoms with Gasteiger partial charge in [0.25, 0.3) is 0 Å². The van der Waals surface area contributed by atoms with Crippen LogP contribution >= 0.6 is 0 Å². The number of hydrogen-bond acceptors (Lipinski definition) is 4. The quantitative estimate of drug-likeness (QED) is 0.501. The van der Waals surface area contributed by atoms with Gasteiger partial charge >= 0.3 is 11.7 Å². The first-order chi connectivity index (χ1) is 16.0. The third kappa shape index (κ3) is 8.75. The molecule has 7 heteroatoms. The van der Waals surface area contributed by atoms with Gasteiger partial charge in [-0.25, -0.2) is 14.2 Å². The second kappa shape index (κ2) is 15.5. The van der Waals surface area contributed by atoms with Crippen LogP contribution in [-0.4, -0.2) is 34.5 Å². The number of amides is 1. The fourth-order valence-corrected chi connectivity index (χ4v) is 3.57. The smallest absolute Gasteiger partial charge is 0.333 e. The summed E-state index contributed by atoms with van der Waals surface area (Å²) in [4.78, 5) is 37.7. The summed E-state index contributed by atoms with van der Waals surface area (Å²) in [5.41, 5.74) is 6.17. The molecule has 34 heavy (non-hydrogen) atoms. The second-order valence-corrected chi connectivity index (χ2v) is 9.77. The highest BCUT2D eigenvalue weighted by Gasteiger charge is 2.28. The first kappa shape index (κ1) is 31.6. The minimum atomic E-state index is -0.681. The summed E-state index contributed by atoms with van der Waals surface area (Å²) in [6.07, 6.45) is 5.93. The molecule has 2 atom stereocenters. The van der Waals surface area contributed by atoms with E-state index in [1.54, 1.807) is 4.57 Å². The van der Waals surface area contributed by atoms with E-state index in [9.17, 15) is 14.4 Å². The fraction of sp³-hybridized carbons (Fsp3) is 0.667. The van der Waals surface area contributed by atoms with Gasteiger partial charge in [0, 0.05) is 6.54 Å². The molecule has 0 aliphatic carbocycles. The Balaban J connectivity index is 0.00000201. The molecule has 1 amide bonds. The molecule has 2 rings (SSSR count). The lowest BCUT2D eigenvalue weighted by Crippen LogP contribution is -2.48. The average molecular weight is 477 g/mol. The predicted octanol–water partition coefficient (Wildman–Crippen LogP) is 5.35. The van der Waals surface area contributed by atoms with Gasteiger partial charge < -0.3 is 15.8 Å². The standard InChI is InChI=1S/C23H35N3O3.C3H8.CH5N/c1-7-9-16(3)12-13-25-19-14-17(8-2)10-11-18(19)26(22(25)29)21(28)24-20(15-27)23(4,5)6;1-3-2;1-2/h10-11,14-16,20H,7-9,12-13H2,1-6H3,(H,24,28);3H2,1-2H3;2H2,1H3. The van der Waals surface area contributed by atoms with Gasteiger partial charge in [0.2, 0.25) is 0 Å². The van der Waals surface area contributed by atoms with Crippen LogP contribution in [0.4, 0.5) is 4.79 Å². The summed E-state index contributed by atoms with van der Waals surface area (Å²) in [6, 6.07) is 4.52. The van der Waals surface area contributed by atoms with Crippen molar-refractivity contribution in [1.82, 2.24) is 14.5 Å². The minimum absolute atomic E-state index is 0.354. The van der Waals surface area contributed by atoms with Gasteiger partial charge in [-0.1, -0.05) is 80.7 Å². The van der Waals surface area contributed by atoms with Crippen molar-refractivity contribution in [1.29, 1.82) is 0 Å². The van der Waals surface area contributed by atoms with Gasteiger partial charge in [0.15, 0.2) is 0 Å². The van der Waals surface area contributed by atoms with Crippen molar-refractivity contribution < 1.29 is 9.59 Å². The second-order valence-electron chi connectivity index (χ2n) is 9.77. The maximum atomic E-state index is 13.2. The van der Waals surface area contributed by atoms with E-state index in [-0.39, 0.29) is 5.69 Å². The lowest BCUT2D eigenvalue weighted by atomic mass is 9.88. The van der Waals surface area contributed by atoms with Crippen LogP contribution in [0.15, 0.2) is 23.0 Å². The molecule has 1 heterocycles. The van der Waals surface area contributed by atoms with Gasteiger partial charge in [-0.3, -0.25) is 4.57 Å². The number of benzene rings is 1. The molecule has 0 radical (unpaired) electrons. The van der Waals surface area contributed by atoms with Crippen molar-refractivity contribution in [3.63, 3.8) is 0 Å². The van der Waals surface area contributed by atoms with Gasteiger partial charge in [0.05, 0.1) is 17.1 Å². The molecule has 194 valence electrons. The summed E-state index contributed by atoms with van der Waals surface area (Å²) in [7, 11) is 1.50. The van der Waals surface area contributed by atoms with Crippen LogP contribution in [0.25, 0.3) is 11.0 Å². The molecular weight excluding hydrogens is 428 g/mol. The lowest BCUT2D eigenvalue weighted by Gasteiger charge is -2.26.